The number of methoxy groups -OCH3 is 1. The highest BCUT2D eigenvalue weighted by molar-refractivity contribution is 6.01. The standard InChI is InChI=1S/C24H35N3O4/c1-17-19(22(28)7-6-14-30-5)8-9-21-20(17)16-27(25-21)15-18-10-12-26(13-11-18)23(29)31-24(2,3)4/h8-9,16,18H,6-7,10-15H2,1-5H3. The summed E-state index contributed by atoms with van der Waals surface area (Å²) in [5, 5.41) is 5.76. The number of carbonyl (C=O) groups excluding carboxylic acids is 2. The Labute approximate surface area is 184 Å². The molecule has 0 unspecified atom stereocenters. The number of aryl methyl sites for hydroxylation is 1. The molecule has 0 bridgehead atoms. The van der Waals surface area contributed by atoms with Gasteiger partial charge in [-0.1, -0.05) is 0 Å². The normalized spacial score (nSPS) is 15.5. The van der Waals surface area contributed by atoms with Crippen molar-refractivity contribution in [2.24, 2.45) is 5.92 Å². The molecular formula is C24H35N3O4. The van der Waals surface area contributed by atoms with Crippen LogP contribution in [0.3, 0.4) is 0 Å². The Bertz CT molecular complexity index is 921. The van der Waals surface area contributed by atoms with E-state index >= 15 is 0 Å². The molecule has 2 heterocycles. The Morgan fingerprint density at radius 3 is 2.55 bits per heavy atom. The van der Waals surface area contributed by atoms with Gasteiger partial charge in [0.2, 0.25) is 0 Å². The number of amides is 1. The van der Waals surface area contributed by atoms with Gasteiger partial charge in [-0.05, 0) is 70.6 Å². The van der Waals surface area contributed by atoms with E-state index in [-0.39, 0.29) is 11.9 Å². The third kappa shape index (κ3) is 6.06. The average Bonchev–Trinajstić information content (AvgIpc) is 3.11. The summed E-state index contributed by atoms with van der Waals surface area (Å²) in [5.41, 5.74) is 2.21. The van der Waals surface area contributed by atoms with Gasteiger partial charge in [0.15, 0.2) is 5.78 Å². The molecule has 3 rings (SSSR count). The second kappa shape index (κ2) is 9.81. The molecule has 7 heteroatoms. The van der Waals surface area contributed by atoms with Gasteiger partial charge in [-0.25, -0.2) is 4.79 Å². The van der Waals surface area contributed by atoms with Gasteiger partial charge in [-0.3, -0.25) is 9.48 Å². The van der Waals surface area contributed by atoms with Crippen molar-refractivity contribution in [3.63, 3.8) is 0 Å². The van der Waals surface area contributed by atoms with Crippen LogP contribution >= 0.6 is 0 Å². The van der Waals surface area contributed by atoms with Crippen molar-refractivity contribution in [3.05, 3.63) is 29.5 Å². The number of benzene rings is 1. The van der Waals surface area contributed by atoms with Crippen molar-refractivity contribution in [2.45, 2.75) is 65.5 Å². The maximum atomic E-state index is 12.6. The quantitative estimate of drug-likeness (QED) is 0.475. The number of piperidine rings is 1. The van der Waals surface area contributed by atoms with Gasteiger partial charge < -0.3 is 14.4 Å². The molecule has 7 nitrogen and oxygen atoms in total. The number of hydrogen-bond acceptors (Lipinski definition) is 5. The Morgan fingerprint density at radius 1 is 1.19 bits per heavy atom. The molecule has 0 radical (unpaired) electrons. The minimum Gasteiger partial charge on any atom is -0.444 e. The zero-order chi connectivity index (χ0) is 22.6. The van der Waals surface area contributed by atoms with Gasteiger partial charge >= 0.3 is 6.09 Å². The lowest BCUT2D eigenvalue weighted by Gasteiger charge is -2.33. The number of nitrogens with zero attached hydrogens (tertiary/aromatic N) is 3. The van der Waals surface area contributed by atoms with Gasteiger partial charge in [0.05, 0.1) is 5.52 Å². The third-order valence-corrected chi connectivity index (χ3v) is 5.77. The Morgan fingerprint density at radius 2 is 1.90 bits per heavy atom. The highest BCUT2D eigenvalue weighted by Crippen LogP contribution is 2.25. The first-order valence-electron chi connectivity index (χ1n) is 11.1. The first-order chi connectivity index (χ1) is 14.7. The van der Waals surface area contributed by atoms with Gasteiger partial charge in [-0.2, -0.15) is 5.10 Å². The van der Waals surface area contributed by atoms with E-state index in [4.69, 9.17) is 14.6 Å². The largest absolute Gasteiger partial charge is 0.444 e. The molecule has 1 fully saturated rings. The molecule has 1 aliphatic heterocycles. The van der Waals surface area contributed by atoms with Crippen LogP contribution in [0.5, 0.6) is 0 Å². The molecule has 1 aliphatic rings. The van der Waals surface area contributed by atoms with Crippen LogP contribution in [-0.2, 0) is 16.0 Å². The molecule has 1 aromatic heterocycles. The highest BCUT2D eigenvalue weighted by Gasteiger charge is 2.27. The lowest BCUT2D eigenvalue weighted by molar-refractivity contribution is 0.0177. The van der Waals surface area contributed by atoms with E-state index in [0.717, 1.165) is 47.8 Å². The Kier molecular flexibility index (Phi) is 7.36. The highest BCUT2D eigenvalue weighted by atomic mass is 16.6. The van der Waals surface area contributed by atoms with Crippen LogP contribution < -0.4 is 0 Å². The lowest BCUT2D eigenvalue weighted by atomic mass is 9.97. The summed E-state index contributed by atoms with van der Waals surface area (Å²) in [7, 11) is 1.65. The predicted octanol–water partition coefficient (Wildman–Crippen LogP) is 4.60. The van der Waals surface area contributed by atoms with Crippen molar-refractivity contribution in [1.29, 1.82) is 0 Å². The van der Waals surface area contributed by atoms with E-state index in [2.05, 4.69) is 6.20 Å². The van der Waals surface area contributed by atoms with Gasteiger partial charge in [0, 0.05) is 56.9 Å². The Hall–Kier alpha value is -2.41. The minimum atomic E-state index is -0.467. The second-order valence-electron chi connectivity index (χ2n) is 9.45. The van der Waals surface area contributed by atoms with E-state index in [1.807, 2.05) is 44.5 Å². The molecule has 0 N–H and O–H groups in total. The molecule has 1 saturated heterocycles. The summed E-state index contributed by atoms with van der Waals surface area (Å²) >= 11 is 0. The maximum Gasteiger partial charge on any atom is 0.410 e. The van der Waals surface area contributed by atoms with E-state index < -0.39 is 5.60 Å². The van der Waals surface area contributed by atoms with Crippen LogP contribution in [0.2, 0.25) is 0 Å². The molecule has 0 saturated carbocycles. The molecule has 31 heavy (non-hydrogen) atoms. The maximum absolute atomic E-state index is 12.6. The molecule has 170 valence electrons. The van der Waals surface area contributed by atoms with Crippen LogP contribution in [0.1, 0.15) is 62.4 Å². The Balaban J connectivity index is 1.61. The zero-order valence-electron chi connectivity index (χ0n) is 19.4. The van der Waals surface area contributed by atoms with E-state index in [1.165, 1.54) is 0 Å². The molecule has 0 spiro atoms. The third-order valence-electron chi connectivity index (χ3n) is 5.77. The van der Waals surface area contributed by atoms with Crippen molar-refractivity contribution in [2.75, 3.05) is 26.8 Å². The van der Waals surface area contributed by atoms with Crippen molar-refractivity contribution < 1.29 is 19.1 Å². The summed E-state index contributed by atoms with van der Waals surface area (Å²) in [5.74, 6) is 0.613. The van der Waals surface area contributed by atoms with Crippen LogP contribution in [-0.4, -0.2) is 59.0 Å². The van der Waals surface area contributed by atoms with Crippen LogP contribution in [0.25, 0.3) is 10.9 Å². The lowest BCUT2D eigenvalue weighted by Crippen LogP contribution is -2.42. The van der Waals surface area contributed by atoms with Crippen molar-refractivity contribution >= 4 is 22.8 Å². The SMILES string of the molecule is COCCCC(=O)c1ccc2nn(CC3CCN(C(=O)OC(C)(C)C)CC3)cc2c1C. The van der Waals surface area contributed by atoms with Crippen molar-refractivity contribution in [1.82, 2.24) is 14.7 Å². The first-order valence-corrected chi connectivity index (χ1v) is 11.1. The summed E-state index contributed by atoms with van der Waals surface area (Å²) in [6, 6.07) is 3.83. The number of hydrogen-bond donors (Lipinski definition) is 0. The molecule has 1 amide bonds. The smallest absolute Gasteiger partial charge is 0.410 e. The number of ketones is 1. The number of carbonyl (C=O) groups is 2. The first kappa shape index (κ1) is 23.3. The molecule has 0 atom stereocenters. The summed E-state index contributed by atoms with van der Waals surface area (Å²) < 4.78 is 12.5. The number of aromatic nitrogens is 2. The topological polar surface area (TPSA) is 73.7 Å². The average molecular weight is 430 g/mol. The number of likely N-dealkylation sites (tertiary alicyclic amines) is 1. The van der Waals surface area contributed by atoms with Gasteiger partial charge in [0.1, 0.15) is 5.60 Å². The van der Waals surface area contributed by atoms with E-state index in [9.17, 15) is 9.59 Å². The van der Waals surface area contributed by atoms with Crippen LogP contribution in [0.15, 0.2) is 18.3 Å². The van der Waals surface area contributed by atoms with Gasteiger partial charge in [-0.15, -0.1) is 0 Å². The fraction of sp³-hybridized carbons (Fsp3) is 0.625. The van der Waals surface area contributed by atoms with E-state index in [1.54, 1.807) is 12.0 Å². The monoisotopic (exact) mass is 429 g/mol. The summed E-state index contributed by atoms with van der Waals surface area (Å²) in [6.07, 6.45) is 4.90. The molecule has 2 aromatic rings. The van der Waals surface area contributed by atoms with Crippen molar-refractivity contribution in [3.8, 4) is 0 Å². The fourth-order valence-electron chi connectivity index (χ4n) is 4.08. The molecule has 1 aromatic carbocycles. The van der Waals surface area contributed by atoms with Crippen LogP contribution in [0.4, 0.5) is 4.79 Å². The minimum absolute atomic E-state index is 0.152. The summed E-state index contributed by atoms with van der Waals surface area (Å²) in [6.45, 7) is 10.5. The molecular weight excluding hydrogens is 394 g/mol. The number of rotatable bonds is 7. The van der Waals surface area contributed by atoms with Crippen LogP contribution in [0, 0.1) is 12.8 Å². The number of fused-ring (bicyclic) bond motifs is 1. The summed E-state index contributed by atoms with van der Waals surface area (Å²) in [4.78, 5) is 26.6. The number of Topliss-reactive ketones (excluding diaryl/α,β-unsaturated/α-hetero) is 1. The number of ether oxygens (including phenoxy) is 2. The molecule has 0 aliphatic carbocycles. The van der Waals surface area contributed by atoms with Gasteiger partial charge in [0.25, 0.3) is 0 Å². The second-order valence-corrected chi connectivity index (χ2v) is 9.45. The fourth-order valence-corrected chi connectivity index (χ4v) is 4.08. The van der Waals surface area contributed by atoms with E-state index in [0.29, 0.717) is 32.0 Å². The zero-order valence-corrected chi connectivity index (χ0v) is 19.4. The predicted molar refractivity (Wildman–Crippen MR) is 120 cm³/mol.